The highest BCUT2D eigenvalue weighted by molar-refractivity contribution is 6.35. The molecule has 0 bridgehead atoms. The van der Waals surface area contributed by atoms with Gasteiger partial charge in [-0.2, -0.15) is 0 Å². The third-order valence-electron chi connectivity index (χ3n) is 4.52. The lowest BCUT2D eigenvalue weighted by atomic mass is 10.2. The average Bonchev–Trinajstić information content (AvgIpc) is 2.59. The van der Waals surface area contributed by atoms with Crippen LogP contribution in [-0.2, 0) is 11.4 Å². The maximum Gasteiger partial charge on any atom is 0.259 e. The summed E-state index contributed by atoms with van der Waals surface area (Å²) in [6.45, 7) is 6.23. The van der Waals surface area contributed by atoms with Gasteiger partial charge in [-0.15, -0.1) is 0 Å². The summed E-state index contributed by atoms with van der Waals surface area (Å²) >= 11 is 12.4. The van der Waals surface area contributed by atoms with Crippen LogP contribution in [0.1, 0.15) is 17.7 Å². The molecular weight excluding hydrogens is 375 g/mol. The van der Waals surface area contributed by atoms with Crippen molar-refractivity contribution in [2.75, 3.05) is 31.8 Å². The van der Waals surface area contributed by atoms with Crippen LogP contribution in [0.5, 0.6) is 0 Å². The van der Waals surface area contributed by atoms with E-state index in [9.17, 15) is 4.79 Å². The van der Waals surface area contributed by atoms with Crippen molar-refractivity contribution < 1.29 is 4.74 Å². The fraction of sp³-hybridized carbons (Fsp3) is 0.444. The number of hydrogen-bond donors (Lipinski definition) is 0. The lowest BCUT2D eigenvalue weighted by molar-refractivity contribution is 0.150. The summed E-state index contributed by atoms with van der Waals surface area (Å²) in [7, 11) is 1.69. The summed E-state index contributed by atoms with van der Waals surface area (Å²) in [5.74, 6) is 0.611. The first-order valence-electron chi connectivity index (χ1n) is 8.43. The van der Waals surface area contributed by atoms with E-state index >= 15 is 0 Å². The van der Waals surface area contributed by atoms with Crippen LogP contribution in [-0.4, -0.2) is 41.4 Å². The predicted octanol–water partition coefficient (Wildman–Crippen LogP) is 3.57. The van der Waals surface area contributed by atoms with Gasteiger partial charge in [-0.3, -0.25) is 19.2 Å². The van der Waals surface area contributed by atoms with Crippen molar-refractivity contribution >= 4 is 34.8 Å². The van der Waals surface area contributed by atoms with Crippen molar-refractivity contribution in [2.24, 2.45) is 0 Å². The second-order valence-electron chi connectivity index (χ2n) is 6.43. The second-order valence-corrected chi connectivity index (χ2v) is 7.31. The Hall–Kier alpha value is -1.60. The second kappa shape index (κ2) is 7.96. The first kappa shape index (κ1) is 19.2. The monoisotopic (exact) mass is 396 g/mol. The van der Waals surface area contributed by atoms with Crippen LogP contribution in [0.15, 0.2) is 23.0 Å². The summed E-state index contributed by atoms with van der Waals surface area (Å²) in [5, 5.41) is 1.09. The number of hydrogen-bond acceptors (Lipinski definition) is 5. The molecule has 1 aromatic heterocycles. The maximum atomic E-state index is 12.8. The quantitative estimate of drug-likeness (QED) is 0.722. The van der Waals surface area contributed by atoms with Gasteiger partial charge in [-0.1, -0.05) is 23.2 Å². The van der Waals surface area contributed by atoms with Gasteiger partial charge in [0.15, 0.2) is 0 Å². The number of nitrogens with zero attached hydrogens (tertiary/aromatic N) is 4. The van der Waals surface area contributed by atoms with Gasteiger partial charge in [0.25, 0.3) is 5.56 Å². The molecular formula is C18H22Cl2N4O2. The number of rotatable bonds is 5. The molecule has 0 N–H and O–H groups in total. The number of ether oxygens (including phenoxy) is 1. The Balaban J connectivity index is 2.06. The van der Waals surface area contributed by atoms with E-state index in [2.05, 4.69) is 9.88 Å². The Kier molecular flexibility index (Phi) is 5.87. The molecule has 0 saturated heterocycles. The third-order valence-corrected chi connectivity index (χ3v) is 4.96. The smallest absolute Gasteiger partial charge is 0.259 e. The lowest BCUT2D eigenvalue weighted by Crippen LogP contribution is -2.48. The van der Waals surface area contributed by atoms with Gasteiger partial charge in [-0.05, 0) is 38.5 Å². The Morgan fingerprint density at radius 3 is 2.50 bits per heavy atom. The molecule has 0 unspecified atom stereocenters. The third kappa shape index (κ3) is 3.88. The van der Waals surface area contributed by atoms with E-state index in [0.717, 1.165) is 24.3 Å². The Morgan fingerprint density at radius 1 is 1.15 bits per heavy atom. The van der Waals surface area contributed by atoms with Crippen LogP contribution in [0, 0.1) is 13.8 Å². The van der Waals surface area contributed by atoms with Gasteiger partial charge < -0.3 is 4.74 Å². The highest BCUT2D eigenvalue weighted by atomic mass is 35.5. The SMILES string of the molecule is COCCCN1CN(c2cc(Cl)cc(Cl)c2)c2nc(C)c(C)c(=O)n2C1. The van der Waals surface area contributed by atoms with Crippen LogP contribution in [0.2, 0.25) is 10.0 Å². The van der Waals surface area contributed by atoms with Crippen molar-refractivity contribution in [2.45, 2.75) is 26.9 Å². The molecule has 0 atom stereocenters. The zero-order valence-corrected chi connectivity index (χ0v) is 16.6. The van der Waals surface area contributed by atoms with Crippen LogP contribution >= 0.6 is 23.2 Å². The van der Waals surface area contributed by atoms with Gasteiger partial charge in [-0.25, -0.2) is 4.98 Å². The fourth-order valence-corrected chi connectivity index (χ4v) is 3.56. The largest absolute Gasteiger partial charge is 0.385 e. The maximum absolute atomic E-state index is 12.8. The number of anilines is 2. The summed E-state index contributed by atoms with van der Waals surface area (Å²) in [6, 6.07) is 5.35. The van der Waals surface area contributed by atoms with E-state index in [1.807, 2.05) is 30.9 Å². The van der Waals surface area contributed by atoms with Crippen LogP contribution in [0.3, 0.4) is 0 Å². The van der Waals surface area contributed by atoms with E-state index in [4.69, 9.17) is 27.9 Å². The number of benzene rings is 1. The van der Waals surface area contributed by atoms with Crippen molar-refractivity contribution in [1.82, 2.24) is 14.5 Å². The van der Waals surface area contributed by atoms with Gasteiger partial charge in [0.05, 0.1) is 13.3 Å². The molecule has 0 amide bonds. The van der Waals surface area contributed by atoms with Crippen molar-refractivity contribution in [1.29, 1.82) is 0 Å². The number of aromatic nitrogens is 2. The van der Waals surface area contributed by atoms with Crippen molar-refractivity contribution in [3.8, 4) is 0 Å². The summed E-state index contributed by atoms with van der Waals surface area (Å²) < 4.78 is 6.85. The average molecular weight is 397 g/mol. The molecule has 3 rings (SSSR count). The minimum atomic E-state index is -0.0259. The zero-order valence-electron chi connectivity index (χ0n) is 15.1. The molecule has 0 saturated carbocycles. The van der Waals surface area contributed by atoms with Gasteiger partial charge in [0, 0.05) is 47.3 Å². The number of halogens is 2. The molecule has 2 heterocycles. The van der Waals surface area contributed by atoms with Crippen LogP contribution in [0.25, 0.3) is 0 Å². The topological polar surface area (TPSA) is 50.6 Å². The summed E-state index contributed by atoms with van der Waals surface area (Å²) in [5.41, 5.74) is 2.17. The van der Waals surface area contributed by atoms with Crippen molar-refractivity contribution in [3.05, 3.63) is 49.9 Å². The highest BCUT2D eigenvalue weighted by Crippen LogP contribution is 2.32. The van der Waals surface area contributed by atoms with Gasteiger partial charge in [0.2, 0.25) is 5.95 Å². The summed E-state index contributed by atoms with van der Waals surface area (Å²) in [6.07, 6.45) is 0.878. The molecule has 1 aromatic carbocycles. The van der Waals surface area contributed by atoms with Crippen LogP contribution in [0.4, 0.5) is 11.6 Å². The molecule has 1 aliphatic heterocycles. The van der Waals surface area contributed by atoms with E-state index in [0.29, 0.717) is 41.5 Å². The molecule has 140 valence electrons. The normalized spacial score (nSPS) is 14.6. The van der Waals surface area contributed by atoms with Crippen molar-refractivity contribution in [3.63, 3.8) is 0 Å². The molecule has 2 aromatic rings. The molecule has 8 heteroatoms. The summed E-state index contributed by atoms with van der Waals surface area (Å²) in [4.78, 5) is 21.6. The minimum absolute atomic E-state index is 0.0259. The van der Waals surface area contributed by atoms with E-state index < -0.39 is 0 Å². The predicted molar refractivity (Wildman–Crippen MR) is 105 cm³/mol. The molecule has 26 heavy (non-hydrogen) atoms. The molecule has 0 radical (unpaired) electrons. The minimum Gasteiger partial charge on any atom is -0.385 e. The zero-order chi connectivity index (χ0) is 18.8. The number of methoxy groups -OCH3 is 1. The number of fused-ring (bicyclic) bond motifs is 1. The fourth-order valence-electron chi connectivity index (χ4n) is 3.05. The first-order valence-corrected chi connectivity index (χ1v) is 9.19. The molecule has 0 fully saturated rings. The molecule has 6 nitrogen and oxygen atoms in total. The van der Waals surface area contributed by atoms with E-state index in [1.165, 1.54) is 0 Å². The molecule has 1 aliphatic rings. The molecule has 0 spiro atoms. The Morgan fingerprint density at radius 2 is 1.85 bits per heavy atom. The first-order chi connectivity index (χ1) is 12.4. The molecule has 0 aliphatic carbocycles. The van der Waals surface area contributed by atoms with E-state index in [-0.39, 0.29) is 5.56 Å². The number of aryl methyl sites for hydroxylation is 1. The standard InChI is InChI=1S/C18H22Cl2N4O2/c1-12-13(2)21-18-23(16-8-14(19)7-15(20)9-16)10-22(5-4-6-26-3)11-24(18)17(12)25/h7-9H,4-6,10-11H2,1-3H3. The van der Waals surface area contributed by atoms with E-state index in [1.54, 1.807) is 17.7 Å². The highest BCUT2D eigenvalue weighted by Gasteiger charge is 2.27. The Labute approximate surface area is 162 Å². The van der Waals surface area contributed by atoms with Gasteiger partial charge >= 0.3 is 0 Å². The Bertz CT molecular complexity index is 849. The lowest BCUT2D eigenvalue weighted by Gasteiger charge is -2.38. The van der Waals surface area contributed by atoms with Crippen LogP contribution < -0.4 is 10.5 Å². The van der Waals surface area contributed by atoms with Gasteiger partial charge in [0.1, 0.15) is 0 Å².